The minimum Gasteiger partial charge on any atom is -0.503 e. The number of aryl methyl sites for hydroxylation is 1. The Bertz CT molecular complexity index is 1020. The average Bonchev–Trinajstić information content (AvgIpc) is 3.31. The maximum Gasteiger partial charge on any atom is 0.294 e. The van der Waals surface area contributed by atoms with Gasteiger partial charge in [-0.3, -0.25) is 19.5 Å². The molecule has 1 atom stereocenters. The molecule has 1 amide bonds. The Hall–Kier alpha value is -3.67. The van der Waals surface area contributed by atoms with E-state index in [0.29, 0.717) is 11.3 Å². The number of carbonyl (C=O) groups is 2. The van der Waals surface area contributed by atoms with Gasteiger partial charge in [-0.15, -0.1) is 0 Å². The van der Waals surface area contributed by atoms with Crippen molar-refractivity contribution in [3.8, 4) is 0 Å². The molecule has 3 heterocycles. The second kappa shape index (κ2) is 6.57. The Kier molecular flexibility index (Phi) is 4.08. The van der Waals surface area contributed by atoms with E-state index >= 15 is 0 Å². The smallest absolute Gasteiger partial charge is 0.294 e. The third-order valence-corrected chi connectivity index (χ3v) is 4.51. The van der Waals surface area contributed by atoms with E-state index < -0.39 is 23.5 Å². The van der Waals surface area contributed by atoms with E-state index in [1.165, 1.54) is 17.2 Å². The summed E-state index contributed by atoms with van der Waals surface area (Å²) in [5.74, 6) is -1.69. The van der Waals surface area contributed by atoms with Crippen LogP contribution in [0.1, 0.15) is 27.7 Å². The molecule has 0 spiro atoms. The number of benzene rings is 1. The highest BCUT2D eigenvalue weighted by atomic mass is 16.3. The van der Waals surface area contributed by atoms with E-state index in [4.69, 9.17) is 4.42 Å². The minimum absolute atomic E-state index is 0.0245. The topological polar surface area (TPSA) is 83.6 Å². The van der Waals surface area contributed by atoms with Crippen LogP contribution in [0.2, 0.25) is 0 Å². The fourth-order valence-electron chi connectivity index (χ4n) is 3.20. The number of ketones is 1. The molecule has 2 aromatic heterocycles. The van der Waals surface area contributed by atoms with Crippen LogP contribution in [0, 0.1) is 6.92 Å². The summed E-state index contributed by atoms with van der Waals surface area (Å²) in [5, 5.41) is 10.6. The van der Waals surface area contributed by atoms with Crippen molar-refractivity contribution in [1.82, 2.24) is 4.98 Å². The van der Waals surface area contributed by atoms with Gasteiger partial charge in [0, 0.05) is 18.1 Å². The van der Waals surface area contributed by atoms with Crippen LogP contribution < -0.4 is 4.90 Å². The predicted molar refractivity (Wildman–Crippen MR) is 98.3 cm³/mol. The summed E-state index contributed by atoms with van der Waals surface area (Å²) in [5.41, 5.74) is 2.20. The number of Topliss-reactive ketones (excluding diaryl/α,β-unsaturated/α-hetero) is 1. The molecule has 6 heteroatoms. The van der Waals surface area contributed by atoms with Crippen LogP contribution in [0.3, 0.4) is 0 Å². The molecule has 0 bridgehead atoms. The number of amides is 1. The molecule has 0 fully saturated rings. The summed E-state index contributed by atoms with van der Waals surface area (Å²) >= 11 is 0. The number of aliphatic hydroxyl groups excluding tert-OH is 1. The number of aliphatic hydroxyl groups is 1. The van der Waals surface area contributed by atoms with Crippen molar-refractivity contribution < 1.29 is 19.1 Å². The average molecular weight is 360 g/mol. The van der Waals surface area contributed by atoms with Gasteiger partial charge in [-0.25, -0.2) is 0 Å². The first-order valence-corrected chi connectivity index (χ1v) is 8.39. The molecular formula is C21H16N2O4. The standard InChI is InChI=1S/C21H16N2O4/c1-13-6-8-15(9-7-13)23-18(14-4-2-10-22-12-14)17(20(25)21(23)26)19(24)16-5-3-11-27-16/h2-12,18,25H,1H3. The third-order valence-electron chi connectivity index (χ3n) is 4.51. The number of pyridine rings is 1. The van der Waals surface area contributed by atoms with E-state index in [1.54, 1.807) is 42.7 Å². The second-order valence-electron chi connectivity index (χ2n) is 6.27. The molecule has 0 aliphatic carbocycles. The Morgan fingerprint density at radius 3 is 2.56 bits per heavy atom. The summed E-state index contributed by atoms with van der Waals surface area (Å²) in [6.45, 7) is 1.94. The van der Waals surface area contributed by atoms with Crippen LogP contribution in [0.5, 0.6) is 0 Å². The number of furan rings is 1. The molecule has 1 N–H and O–H groups in total. The third kappa shape index (κ3) is 2.81. The van der Waals surface area contributed by atoms with E-state index in [0.717, 1.165) is 5.56 Å². The molecule has 1 aromatic carbocycles. The summed E-state index contributed by atoms with van der Waals surface area (Å²) in [6.07, 6.45) is 4.56. The predicted octanol–water partition coefficient (Wildman–Crippen LogP) is 3.77. The number of rotatable bonds is 4. The molecule has 27 heavy (non-hydrogen) atoms. The summed E-state index contributed by atoms with van der Waals surface area (Å²) < 4.78 is 5.19. The lowest BCUT2D eigenvalue weighted by Gasteiger charge is -2.26. The normalized spacial score (nSPS) is 16.9. The maximum atomic E-state index is 13.0. The summed E-state index contributed by atoms with van der Waals surface area (Å²) in [7, 11) is 0. The lowest BCUT2D eigenvalue weighted by Crippen LogP contribution is -2.31. The number of aromatic nitrogens is 1. The van der Waals surface area contributed by atoms with Gasteiger partial charge in [0.2, 0.25) is 5.78 Å². The summed E-state index contributed by atoms with van der Waals surface area (Å²) in [4.78, 5) is 31.3. The SMILES string of the molecule is Cc1ccc(N2C(=O)C(O)=C(C(=O)c3ccco3)C2c2cccnc2)cc1. The van der Waals surface area contributed by atoms with Crippen molar-refractivity contribution in [3.63, 3.8) is 0 Å². The fraction of sp³-hybridized carbons (Fsp3) is 0.0952. The van der Waals surface area contributed by atoms with Crippen molar-refractivity contribution in [1.29, 1.82) is 0 Å². The van der Waals surface area contributed by atoms with Gasteiger partial charge in [0.1, 0.15) is 0 Å². The maximum absolute atomic E-state index is 13.0. The van der Waals surface area contributed by atoms with Gasteiger partial charge in [-0.1, -0.05) is 23.8 Å². The minimum atomic E-state index is -0.800. The first-order chi connectivity index (χ1) is 13.1. The van der Waals surface area contributed by atoms with Crippen molar-refractivity contribution >= 4 is 17.4 Å². The molecular weight excluding hydrogens is 344 g/mol. The highest BCUT2D eigenvalue weighted by molar-refractivity contribution is 6.20. The van der Waals surface area contributed by atoms with Gasteiger partial charge in [-0.05, 0) is 42.8 Å². The molecule has 0 saturated carbocycles. The Labute approximate surface area is 155 Å². The van der Waals surface area contributed by atoms with Gasteiger partial charge < -0.3 is 9.52 Å². The zero-order chi connectivity index (χ0) is 19.0. The summed E-state index contributed by atoms with van der Waals surface area (Å²) in [6, 6.07) is 13.1. The molecule has 6 nitrogen and oxygen atoms in total. The number of carbonyl (C=O) groups excluding carboxylic acids is 2. The molecule has 0 radical (unpaired) electrons. The van der Waals surface area contributed by atoms with Crippen molar-refractivity contribution in [2.24, 2.45) is 0 Å². The van der Waals surface area contributed by atoms with Crippen LogP contribution in [-0.2, 0) is 4.79 Å². The van der Waals surface area contributed by atoms with Gasteiger partial charge in [0.05, 0.1) is 17.9 Å². The monoisotopic (exact) mass is 360 g/mol. The number of anilines is 1. The Morgan fingerprint density at radius 1 is 1.15 bits per heavy atom. The van der Waals surface area contributed by atoms with Crippen LogP contribution in [0.15, 0.2) is 82.9 Å². The quantitative estimate of drug-likeness (QED) is 0.716. The van der Waals surface area contributed by atoms with Crippen LogP contribution in [0.4, 0.5) is 5.69 Å². The van der Waals surface area contributed by atoms with E-state index in [9.17, 15) is 14.7 Å². The molecule has 3 aromatic rings. The number of hydrogen-bond acceptors (Lipinski definition) is 5. The first-order valence-electron chi connectivity index (χ1n) is 8.39. The van der Waals surface area contributed by atoms with E-state index in [-0.39, 0.29) is 11.3 Å². The highest BCUT2D eigenvalue weighted by Crippen LogP contribution is 2.41. The fourth-order valence-corrected chi connectivity index (χ4v) is 3.20. The van der Waals surface area contributed by atoms with Crippen LogP contribution in [0.25, 0.3) is 0 Å². The zero-order valence-corrected chi connectivity index (χ0v) is 14.5. The lowest BCUT2D eigenvalue weighted by molar-refractivity contribution is -0.117. The van der Waals surface area contributed by atoms with Gasteiger partial charge in [0.25, 0.3) is 5.91 Å². The van der Waals surface area contributed by atoms with E-state index in [2.05, 4.69) is 4.98 Å². The van der Waals surface area contributed by atoms with Crippen LogP contribution >= 0.6 is 0 Å². The largest absolute Gasteiger partial charge is 0.503 e. The number of nitrogens with zero attached hydrogens (tertiary/aromatic N) is 2. The van der Waals surface area contributed by atoms with Gasteiger partial charge >= 0.3 is 0 Å². The van der Waals surface area contributed by atoms with Crippen LogP contribution in [-0.4, -0.2) is 21.8 Å². The molecule has 1 unspecified atom stereocenters. The first kappa shape index (κ1) is 16.8. The van der Waals surface area contributed by atoms with Gasteiger partial charge in [-0.2, -0.15) is 0 Å². The molecule has 0 saturated heterocycles. The number of hydrogen-bond donors (Lipinski definition) is 1. The molecule has 1 aliphatic heterocycles. The van der Waals surface area contributed by atoms with Crippen molar-refractivity contribution in [2.75, 3.05) is 4.90 Å². The Morgan fingerprint density at radius 2 is 1.93 bits per heavy atom. The van der Waals surface area contributed by atoms with Crippen molar-refractivity contribution in [2.45, 2.75) is 13.0 Å². The molecule has 4 rings (SSSR count). The Balaban J connectivity index is 1.87. The van der Waals surface area contributed by atoms with E-state index in [1.807, 2.05) is 19.1 Å². The zero-order valence-electron chi connectivity index (χ0n) is 14.5. The van der Waals surface area contributed by atoms with Crippen molar-refractivity contribution in [3.05, 3.63) is 95.4 Å². The highest BCUT2D eigenvalue weighted by Gasteiger charge is 2.45. The molecule has 1 aliphatic rings. The second-order valence-corrected chi connectivity index (χ2v) is 6.27. The van der Waals surface area contributed by atoms with Gasteiger partial charge in [0.15, 0.2) is 11.5 Å². The lowest BCUT2D eigenvalue weighted by atomic mass is 9.96. The molecule has 134 valence electrons.